The van der Waals surface area contributed by atoms with Crippen LogP contribution in [-0.2, 0) is 12.8 Å². The minimum Gasteiger partial charge on any atom is -0.295 e. The number of fused-ring (bicyclic) bond motifs is 1. The fraction of sp³-hybridized carbons (Fsp3) is 0.286. The number of benzene rings is 1. The molecular formula is C21H22ClN5O. The molecule has 0 atom stereocenters. The van der Waals surface area contributed by atoms with Crippen LogP contribution in [0.3, 0.4) is 0 Å². The van der Waals surface area contributed by atoms with Gasteiger partial charge in [0.1, 0.15) is 17.7 Å². The third kappa shape index (κ3) is 3.73. The van der Waals surface area contributed by atoms with E-state index in [0.717, 1.165) is 35.7 Å². The molecule has 3 aromatic rings. The van der Waals surface area contributed by atoms with E-state index in [1.807, 2.05) is 17.4 Å². The number of aliphatic imine (C=N–C) groups is 1. The quantitative estimate of drug-likeness (QED) is 0.646. The molecule has 0 aliphatic carbocycles. The summed E-state index contributed by atoms with van der Waals surface area (Å²) in [5.41, 5.74) is 7.57. The number of nitrogens with zero attached hydrogens (tertiary/aromatic N) is 4. The predicted molar refractivity (Wildman–Crippen MR) is 113 cm³/mol. The Morgan fingerprint density at radius 3 is 2.75 bits per heavy atom. The summed E-state index contributed by atoms with van der Waals surface area (Å²) < 4.78 is 1.82. The highest BCUT2D eigenvalue weighted by Gasteiger charge is 2.18. The maximum absolute atomic E-state index is 13.0. The number of nitrogens with one attached hydrogen (secondary N) is 1. The Morgan fingerprint density at radius 1 is 1.21 bits per heavy atom. The van der Waals surface area contributed by atoms with E-state index in [0.29, 0.717) is 30.0 Å². The summed E-state index contributed by atoms with van der Waals surface area (Å²) in [5.74, 6) is 0.0876. The van der Waals surface area contributed by atoms with Gasteiger partial charge in [0.15, 0.2) is 5.78 Å². The molecule has 28 heavy (non-hydrogen) atoms. The summed E-state index contributed by atoms with van der Waals surface area (Å²) in [6.07, 6.45) is 5.30. The van der Waals surface area contributed by atoms with Gasteiger partial charge in [0.25, 0.3) is 0 Å². The van der Waals surface area contributed by atoms with Gasteiger partial charge in [0.2, 0.25) is 0 Å². The molecule has 1 N–H and O–H groups in total. The average molecular weight is 396 g/mol. The monoisotopic (exact) mass is 395 g/mol. The molecule has 4 rings (SSSR count). The summed E-state index contributed by atoms with van der Waals surface area (Å²) in [7, 11) is 0. The van der Waals surface area contributed by atoms with Gasteiger partial charge in [-0.2, -0.15) is 0 Å². The van der Waals surface area contributed by atoms with Gasteiger partial charge in [-0.1, -0.05) is 30.7 Å². The normalized spacial score (nSPS) is 13.7. The van der Waals surface area contributed by atoms with Gasteiger partial charge in [-0.15, -0.1) is 0 Å². The van der Waals surface area contributed by atoms with Crippen molar-refractivity contribution < 1.29 is 4.79 Å². The summed E-state index contributed by atoms with van der Waals surface area (Å²) in [4.78, 5) is 21.7. The molecule has 0 saturated carbocycles. The van der Waals surface area contributed by atoms with Crippen LogP contribution in [0.4, 0.5) is 5.69 Å². The number of ketones is 1. The molecule has 7 heteroatoms. The molecular weight excluding hydrogens is 374 g/mol. The highest BCUT2D eigenvalue weighted by molar-refractivity contribution is 6.30. The van der Waals surface area contributed by atoms with E-state index < -0.39 is 0 Å². The smallest absolute Gasteiger partial charge is 0.181 e. The molecule has 0 radical (unpaired) electrons. The number of halogens is 1. The van der Waals surface area contributed by atoms with Crippen LogP contribution < -0.4 is 10.4 Å². The zero-order chi connectivity index (χ0) is 19.5. The highest BCUT2D eigenvalue weighted by Crippen LogP contribution is 2.20. The van der Waals surface area contributed by atoms with Crippen molar-refractivity contribution in [3.8, 4) is 0 Å². The second-order valence-corrected chi connectivity index (χ2v) is 7.18. The standard InChI is InChI=1S/C21H22ClN5O/c1-2-18-21(26-13-16(22)6-10-20(26)25-18)19(28)9-5-15-3-7-17(8-4-15)27-12-11-23-14-24-27/h3-4,6-8,10,13-14H,2,5,9,11-12H2,1H3,(H,23,24). The van der Waals surface area contributed by atoms with Gasteiger partial charge in [-0.3, -0.25) is 24.6 Å². The molecule has 2 aromatic heterocycles. The molecule has 0 amide bonds. The van der Waals surface area contributed by atoms with Crippen LogP contribution in [0.5, 0.6) is 0 Å². The van der Waals surface area contributed by atoms with Crippen molar-refractivity contribution in [2.75, 3.05) is 18.1 Å². The molecule has 0 saturated heterocycles. The molecule has 0 fully saturated rings. The molecule has 1 aliphatic heterocycles. The second-order valence-electron chi connectivity index (χ2n) is 6.74. The zero-order valence-electron chi connectivity index (χ0n) is 15.7. The molecule has 0 spiro atoms. The lowest BCUT2D eigenvalue weighted by Gasteiger charge is -2.26. The van der Waals surface area contributed by atoms with Crippen LogP contribution in [-0.4, -0.2) is 34.6 Å². The van der Waals surface area contributed by atoms with E-state index in [-0.39, 0.29) is 5.78 Å². The van der Waals surface area contributed by atoms with Crippen LogP contribution in [0.25, 0.3) is 5.65 Å². The van der Waals surface area contributed by atoms with Crippen molar-refractivity contribution in [2.24, 2.45) is 4.99 Å². The Hall–Kier alpha value is -2.86. The Labute approximate surface area is 168 Å². The van der Waals surface area contributed by atoms with Crippen molar-refractivity contribution in [2.45, 2.75) is 26.2 Å². The Bertz CT molecular complexity index is 1030. The molecule has 0 unspecified atom stereocenters. The van der Waals surface area contributed by atoms with Crippen LogP contribution in [0, 0.1) is 0 Å². The lowest BCUT2D eigenvalue weighted by molar-refractivity contribution is 0.0976. The van der Waals surface area contributed by atoms with Gasteiger partial charge in [0, 0.05) is 12.6 Å². The van der Waals surface area contributed by atoms with Crippen molar-refractivity contribution in [1.29, 1.82) is 0 Å². The summed E-state index contributed by atoms with van der Waals surface area (Å²) in [6, 6.07) is 11.9. The topological polar surface area (TPSA) is 62.0 Å². The fourth-order valence-electron chi connectivity index (χ4n) is 3.43. The van der Waals surface area contributed by atoms with E-state index in [2.05, 4.69) is 44.7 Å². The van der Waals surface area contributed by atoms with Crippen molar-refractivity contribution in [3.05, 3.63) is 64.6 Å². The lowest BCUT2D eigenvalue weighted by Crippen LogP contribution is -2.42. The number of carbonyl (C=O) groups excluding carboxylic acids is 1. The van der Waals surface area contributed by atoms with E-state index >= 15 is 0 Å². The minimum absolute atomic E-state index is 0.0876. The SMILES string of the molecule is CCc1nc2ccc(Cl)cn2c1C(=O)CCc1ccc(N2CCN=CN2)cc1. The van der Waals surface area contributed by atoms with Crippen LogP contribution in [0.1, 0.15) is 35.1 Å². The Morgan fingerprint density at radius 2 is 2.04 bits per heavy atom. The first-order valence-corrected chi connectivity index (χ1v) is 9.84. The third-order valence-electron chi connectivity index (χ3n) is 4.90. The van der Waals surface area contributed by atoms with E-state index in [1.165, 1.54) is 0 Å². The predicted octanol–water partition coefficient (Wildman–Crippen LogP) is 3.72. The summed E-state index contributed by atoms with van der Waals surface area (Å²) >= 11 is 6.12. The molecule has 3 heterocycles. The van der Waals surface area contributed by atoms with Gasteiger partial charge in [0.05, 0.1) is 29.5 Å². The van der Waals surface area contributed by atoms with Gasteiger partial charge in [-0.25, -0.2) is 4.98 Å². The number of carbonyl (C=O) groups is 1. The van der Waals surface area contributed by atoms with Crippen molar-refractivity contribution in [1.82, 2.24) is 14.8 Å². The Kier molecular flexibility index (Phi) is 5.30. The zero-order valence-corrected chi connectivity index (χ0v) is 16.5. The minimum atomic E-state index is 0.0876. The molecule has 144 valence electrons. The number of hydrogen-bond acceptors (Lipinski definition) is 5. The van der Waals surface area contributed by atoms with Gasteiger partial charge in [-0.05, 0) is 42.7 Å². The second kappa shape index (κ2) is 8.02. The van der Waals surface area contributed by atoms with Gasteiger partial charge < -0.3 is 0 Å². The number of hydrazine groups is 1. The van der Waals surface area contributed by atoms with Crippen LogP contribution in [0.2, 0.25) is 5.02 Å². The highest BCUT2D eigenvalue weighted by atomic mass is 35.5. The number of imidazole rings is 1. The number of aryl methyl sites for hydroxylation is 2. The van der Waals surface area contributed by atoms with Crippen molar-refractivity contribution in [3.63, 3.8) is 0 Å². The molecule has 0 bridgehead atoms. The summed E-state index contributed by atoms with van der Waals surface area (Å²) in [5, 5.41) is 2.64. The fourth-order valence-corrected chi connectivity index (χ4v) is 3.59. The van der Waals surface area contributed by atoms with Crippen molar-refractivity contribution >= 4 is 35.1 Å². The van der Waals surface area contributed by atoms with E-state index in [1.54, 1.807) is 18.6 Å². The first kappa shape index (κ1) is 18.5. The Balaban J connectivity index is 1.48. The van der Waals surface area contributed by atoms with Gasteiger partial charge >= 0.3 is 0 Å². The number of anilines is 1. The number of aromatic nitrogens is 2. The van der Waals surface area contributed by atoms with Crippen LogP contribution >= 0.6 is 11.6 Å². The average Bonchev–Trinajstić information content (AvgIpc) is 3.11. The third-order valence-corrected chi connectivity index (χ3v) is 5.12. The maximum atomic E-state index is 13.0. The number of pyridine rings is 1. The molecule has 1 aromatic carbocycles. The lowest BCUT2D eigenvalue weighted by atomic mass is 10.0. The molecule has 1 aliphatic rings. The maximum Gasteiger partial charge on any atom is 0.181 e. The first-order chi connectivity index (χ1) is 13.7. The number of hydrogen-bond donors (Lipinski definition) is 1. The largest absolute Gasteiger partial charge is 0.295 e. The number of rotatable bonds is 6. The van der Waals surface area contributed by atoms with Crippen LogP contribution in [0.15, 0.2) is 47.6 Å². The first-order valence-electron chi connectivity index (χ1n) is 9.46. The number of Topliss-reactive ketones (excluding diaryl/α,β-unsaturated/α-hetero) is 1. The van der Waals surface area contributed by atoms with E-state index in [9.17, 15) is 4.79 Å². The summed E-state index contributed by atoms with van der Waals surface area (Å²) in [6.45, 7) is 3.63. The van der Waals surface area contributed by atoms with E-state index in [4.69, 9.17) is 11.6 Å². The molecule has 6 nitrogen and oxygen atoms in total.